The van der Waals surface area contributed by atoms with Gasteiger partial charge in [0.1, 0.15) is 5.82 Å². The summed E-state index contributed by atoms with van der Waals surface area (Å²) in [6.45, 7) is 8.81. The van der Waals surface area contributed by atoms with E-state index in [1.807, 2.05) is 45.0 Å². The van der Waals surface area contributed by atoms with Crippen LogP contribution in [-0.4, -0.2) is 21.4 Å². The van der Waals surface area contributed by atoms with Crippen LogP contribution >= 0.6 is 0 Å². The van der Waals surface area contributed by atoms with Crippen LogP contribution in [0.5, 0.6) is 0 Å². The van der Waals surface area contributed by atoms with Crippen molar-refractivity contribution in [1.82, 2.24) is 9.55 Å². The Labute approximate surface area is 120 Å². The van der Waals surface area contributed by atoms with E-state index in [1.54, 1.807) is 0 Å². The number of aryl methyl sites for hydroxylation is 1. The highest BCUT2D eigenvalue weighted by Crippen LogP contribution is 2.21. The van der Waals surface area contributed by atoms with Crippen molar-refractivity contribution in [3.63, 3.8) is 0 Å². The zero-order valence-corrected chi connectivity index (χ0v) is 12.7. The summed E-state index contributed by atoms with van der Waals surface area (Å²) >= 11 is 0. The van der Waals surface area contributed by atoms with Crippen LogP contribution in [0, 0.1) is 5.41 Å². The van der Waals surface area contributed by atoms with Gasteiger partial charge in [-0.05, 0) is 24.5 Å². The fourth-order valence-electron chi connectivity index (χ4n) is 2.36. The lowest BCUT2D eigenvalue weighted by molar-refractivity contribution is -0.121. The van der Waals surface area contributed by atoms with Gasteiger partial charge in [0, 0.05) is 6.54 Å². The van der Waals surface area contributed by atoms with E-state index in [4.69, 9.17) is 5.73 Å². The van der Waals surface area contributed by atoms with E-state index in [9.17, 15) is 4.79 Å². The smallest absolute Gasteiger partial charge is 0.157 e. The molecule has 1 atom stereocenters. The number of carbonyl (C=O) groups excluding carboxylic acids is 1. The highest BCUT2D eigenvalue weighted by molar-refractivity contribution is 5.87. The van der Waals surface area contributed by atoms with Gasteiger partial charge < -0.3 is 10.3 Å². The zero-order chi connectivity index (χ0) is 14.9. The first-order chi connectivity index (χ1) is 9.34. The van der Waals surface area contributed by atoms with Crippen molar-refractivity contribution >= 4 is 16.8 Å². The molecule has 0 radical (unpaired) electrons. The van der Waals surface area contributed by atoms with Gasteiger partial charge >= 0.3 is 0 Å². The number of ketones is 1. The summed E-state index contributed by atoms with van der Waals surface area (Å²) in [6.07, 6.45) is 0.293. The molecule has 0 saturated heterocycles. The average molecular weight is 273 g/mol. The van der Waals surface area contributed by atoms with E-state index in [1.165, 1.54) is 0 Å². The molecule has 4 nitrogen and oxygen atoms in total. The lowest BCUT2D eigenvalue weighted by Crippen LogP contribution is -2.43. The first-order valence-electron chi connectivity index (χ1n) is 7.07. The van der Waals surface area contributed by atoms with Gasteiger partial charge in [0.2, 0.25) is 0 Å². The van der Waals surface area contributed by atoms with E-state index >= 15 is 0 Å². The van der Waals surface area contributed by atoms with E-state index in [2.05, 4.69) is 16.5 Å². The molecule has 1 heterocycles. The Bertz CT molecular complexity index is 622. The first kappa shape index (κ1) is 14.7. The van der Waals surface area contributed by atoms with Crippen LogP contribution in [-0.2, 0) is 17.8 Å². The van der Waals surface area contributed by atoms with Gasteiger partial charge in [-0.25, -0.2) is 4.98 Å². The number of fused-ring (bicyclic) bond motifs is 1. The molecule has 4 heteroatoms. The number of hydrogen-bond donors (Lipinski definition) is 1. The van der Waals surface area contributed by atoms with E-state index < -0.39 is 6.04 Å². The monoisotopic (exact) mass is 273 g/mol. The predicted octanol–water partition coefficient (Wildman–Crippen LogP) is 2.54. The normalized spacial score (nSPS) is 13.7. The summed E-state index contributed by atoms with van der Waals surface area (Å²) < 4.78 is 2.09. The lowest BCUT2D eigenvalue weighted by Gasteiger charge is -2.25. The van der Waals surface area contributed by atoms with Gasteiger partial charge in [-0.15, -0.1) is 0 Å². The maximum atomic E-state index is 12.3. The number of Topliss-reactive ketones (excluding diaryl/α,β-unsaturated/α-hetero) is 1. The van der Waals surface area contributed by atoms with Gasteiger partial charge in [-0.1, -0.05) is 32.9 Å². The molecule has 0 aliphatic carbocycles. The van der Waals surface area contributed by atoms with E-state index in [-0.39, 0.29) is 11.2 Å². The number of benzene rings is 1. The molecule has 0 spiro atoms. The number of carbonyl (C=O) groups is 1. The summed E-state index contributed by atoms with van der Waals surface area (Å²) in [4.78, 5) is 16.9. The van der Waals surface area contributed by atoms with Crippen molar-refractivity contribution in [2.24, 2.45) is 11.1 Å². The van der Waals surface area contributed by atoms with Crippen molar-refractivity contribution in [3.05, 3.63) is 30.1 Å². The molecule has 2 aromatic rings. The summed E-state index contributed by atoms with van der Waals surface area (Å²) in [7, 11) is 0. The fraction of sp³-hybridized carbons (Fsp3) is 0.500. The van der Waals surface area contributed by atoms with Gasteiger partial charge in [-0.2, -0.15) is 0 Å². The molecule has 108 valence electrons. The van der Waals surface area contributed by atoms with E-state index in [0.29, 0.717) is 6.42 Å². The van der Waals surface area contributed by atoms with Crippen LogP contribution in [0.1, 0.15) is 33.5 Å². The minimum atomic E-state index is -0.465. The molecule has 1 unspecified atom stereocenters. The first-order valence-corrected chi connectivity index (χ1v) is 7.07. The third-order valence-electron chi connectivity index (χ3n) is 3.66. The number of nitrogens with zero attached hydrogens (tertiary/aromatic N) is 2. The molecule has 1 aromatic heterocycles. The maximum Gasteiger partial charge on any atom is 0.157 e. The van der Waals surface area contributed by atoms with Crippen LogP contribution in [0.25, 0.3) is 11.0 Å². The molecule has 0 fully saturated rings. The highest BCUT2D eigenvalue weighted by Gasteiger charge is 2.28. The minimum Gasteiger partial charge on any atom is -0.328 e. The molecule has 0 bridgehead atoms. The number of rotatable bonds is 4. The molecule has 20 heavy (non-hydrogen) atoms. The number of imidazole rings is 1. The molecule has 2 N–H and O–H groups in total. The SMILES string of the molecule is CCn1c(CC(=O)C(N)C(C)(C)C)nc2ccccc21. The molecule has 0 saturated carbocycles. The Kier molecular flexibility index (Phi) is 3.95. The van der Waals surface area contributed by atoms with Crippen LogP contribution in [0.2, 0.25) is 0 Å². The van der Waals surface area contributed by atoms with Crippen LogP contribution in [0.4, 0.5) is 0 Å². The zero-order valence-electron chi connectivity index (χ0n) is 12.7. The largest absolute Gasteiger partial charge is 0.328 e. The Morgan fingerprint density at radius 1 is 1.35 bits per heavy atom. The van der Waals surface area contributed by atoms with Gasteiger partial charge in [0.25, 0.3) is 0 Å². The number of para-hydroxylation sites is 2. The Balaban J connectivity index is 2.32. The topological polar surface area (TPSA) is 60.9 Å². The average Bonchev–Trinajstić information content (AvgIpc) is 2.73. The van der Waals surface area contributed by atoms with E-state index in [0.717, 1.165) is 23.4 Å². The molecule has 0 amide bonds. The van der Waals surface area contributed by atoms with Gasteiger partial charge in [0.15, 0.2) is 5.78 Å². The standard InChI is InChI=1S/C16H23N3O/c1-5-19-12-9-7-6-8-11(12)18-14(19)10-13(20)15(17)16(2,3)4/h6-9,15H,5,10,17H2,1-4H3. The third-order valence-corrected chi connectivity index (χ3v) is 3.66. The van der Waals surface area contributed by atoms with Crippen LogP contribution < -0.4 is 5.73 Å². The summed E-state index contributed by atoms with van der Waals surface area (Å²) in [6, 6.07) is 7.49. The van der Waals surface area contributed by atoms with Crippen molar-refractivity contribution in [2.75, 3.05) is 0 Å². The molecular weight excluding hydrogens is 250 g/mol. The predicted molar refractivity (Wildman–Crippen MR) is 81.5 cm³/mol. The fourth-order valence-corrected chi connectivity index (χ4v) is 2.36. The summed E-state index contributed by atoms with van der Waals surface area (Å²) in [5.74, 6) is 0.848. The second-order valence-corrected chi connectivity index (χ2v) is 6.25. The van der Waals surface area contributed by atoms with Gasteiger partial charge in [0.05, 0.1) is 23.5 Å². The van der Waals surface area contributed by atoms with Gasteiger partial charge in [-0.3, -0.25) is 4.79 Å². The molecule has 1 aromatic carbocycles. The van der Waals surface area contributed by atoms with Crippen LogP contribution in [0.15, 0.2) is 24.3 Å². The number of nitrogens with two attached hydrogens (primary N) is 1. The van der Waals surface area contributed by atoms with Crippen LogP contribution in [0.3, 0.4) is 0 Å². The Morgan fingerprint density at radius 3 is 2.60 bits per heavy atom. The Hall–Kier alpha value is -1.68. The number of hydrogen-bond acceptors (Lipinski definition) is 3. The highest BCUT2D eigenvalue weighted by atomic mass is 16.1. The summed E-state index contributed by atoms with van der Waals surface area (Å²) in [5, 5.41) is 0. The van der Waals surface area contributed by atoms with Crippen molar-refractivity contribution in [2.45, 2.75) is 46.7 Å². The van der Waals surface area contributed by atoms with Crippen molar-refractivity contribution in [1.29, 1.82) is 0 Å². The quantitative estimate of drug-likeness (QED) is 0.931. The second kappa shape index (κ2) is 5.37. The lowest BCUT2D eigenvalue weighted by atomic mass is 9.84. The molecule has 0 aliphatic heterocycles. The summed E-state index contributed by atoms with van der Waals surface area (Å²) in [5.41, 5.74) is 7.82. The van der Waals surface area contributed by atoms with Crippen molar-refractivity contribution in [3.8, 4) is 0 Å². The van der Waals surface area contributed by atoms with Crippen molar-refractivity contribution < 1.29 is 4.79 Å². The minimum absolute atomic E-state index is 0.0440. The second-order valence-electron chi connectivity index (χ2n) is 6.25. The maximum absolute atomic E-state index is 12.3. The number of aromatic nitrogens is 2. The molecule has 2 rings (SSSR count). The molecule has 0 aliphatic rings. The third kappa shape index (κ3) is 2.75. The molecular formula is C16H23N3O. The Morgan fingerprint density at radius 2 is 2.00 bits per heavy atom.